The lowest BCUT2D eigenvalue weighted by Gasteiger charge is -2.09. The number of hydrogen-bond acceptors (Lipinski definition) is 4. The zero-order chi connectivity index (χ0) is 17.2. The van der Waals surface area contributed by atoms with Gasteiger partial charge >= 0.3 is 0 Å². The van der Waals surface area contributed by atoms with E-state index >= 15 is 0 Å². The summed E-state index contributed by atoms with van der Waals surface area (Å²) in [6.07, 6.45) is 2.13. The van der Waals surface area contributed by atoms with E-state index in [2.05, 4.69) is 12.2 Å². The molecule has 0 unspecified atom stereocenters. The fourth-order valence-corrected chi connectivity index (χ4v) is 1.99. The summed E-state index contributed by atoms with van der Waals surface area (Å²) in [7, 11) is 1.60. The van der Waals surface area contributed by atoms with Crippen LogP contribution in [-0.4, -0.2) is 26.2 Å². The monoisotopic (exact) mass is 329 g/mol. The number of methoxy groups -OCH3 is 1. The van der Waals surface area contributed by atoms with Gasteiger partial charge in [-0.3, -0.25) is 4.79 Å². The van der Waals surface area contributed by atoms with Crippen LogP contribution in [0.25, 0.3) is 0 Å². The molecule has 1 amide bonds. The summed E-state index contributed by atoms with van der Waals surface area (Å²) >= 11 is 0. The van der Waals surface area contributed by atoms with Gasteiger partial charge in [0, 0.05) is 5.69 Å². The van der Waals surface area contributed by atoms with Crippen molar-refractivity contribution in [1.82, 2.24) is 0 Å². The molecule has 0 aliphatic heterocycles. The molecule has 24 heavy (non-hydrogen) atoms. The predicted octanol–water partition coefficient (Wildman–Crippen LogP) is 3.89. The highest BCUT2D eigenvalue weighted by atomic mass is 16.5. The quantitative estimate of drug-likeness (QED) is 0.709. The highest BCUT2D eigenvalue weighted by Crippen LogP contribution is 2.18. The molecule has 1 N–H and O–H groups in total. The summed E-state index contributed by atoms with van der Waals surface area (Å²) in [5.74, 6) is 1.95. The SMILES string of the molecule is CCCCOc1ccc(OCC(=O)Nc2ccc(OC)cc2)cc1. The van der Waals surface area contributed by atoms with E-state index in [0.717, 1.165) is 24.3 Å². The van der Waals surface area contributed by atoms with Crippen molar-refractivity contribution in [2.24, 2.45) is 0 Å². The fourth-order valence-electron chi connectivity index (χ4n) is 1.99. The van der Waals surface area contributed by atoms with Gasteiger partial charge in [0.05, 0.1) is 13.7 Å². The first-order valence-electron chi connectivity index (χ1n) is 8.01. The highest BCUT2D eigenvalue weighted by molar-refractivity contribution is 5.91. The zero-order valence-electron chi connectivity index (χ0n) is 14.1. The Bertz CT molecular complexity index is 623. The summed E-state index contributed by atoms with van der Waals surface area (Å²) < 4.78 is 16.1. The molecule has 0 atom stereocenters. The van der Waals surface area contributed by atoms with Gasteiger partial charge in [0.1, 0.15) is 17.2 Å². The van der Waals surface area contributed by atoms with Crippen LogP contribution in [0.4, 0.5) is 5.69 Å². The van der Waals surface area contributed by atoms with E-state index < -0.39 is 0 Å². The summed E-state index contributed by atoms with van der Waals surface area (Å²) in [6.45, 7) is 2.78. The van der Waals surface area contributed by atoms with Gasteiger partial charge in [-0.2, -0.15) is 0 Å². The molecule has 0 aliphatic carbocycles. The molecule has 0 radical (unpaired) electrons. The Morgan fingerprint density at radius 3 is 2.08 bits per heavy atom. The van der Waals surface area contributed by atoms with Gasteiger partial charge in [-0.15, -0.1) is 0 Å². The number of unbranched alkanes of at least 4 members (excludes halogenated alkanes) is 1. The van der Waals surface area contributed by atoms with Crippen molar-refractivity contribution < 1.29 is 19.0 Å². The van der Waals surface area contributed by atoms with Gasteiger partial charge in [-0.1, -0.05) is 13.3 Å². The van der Waals surface area contributed by atoms with Crippen LogP contribution in [0, 0.1) is 0 Å². The second-order valence-electron chi connectivity index (χ2n) is 5.24. The molecule has 0 aromatic heterocycles. The van der Waals surface area contributed by atoms with Crippen LogP contribution in [0.15, 0.2) is 48.5 Å². The van der Waals surface area contributed by atoms with E-state index in [1.807, 2.05) is 12.1 Å². The van der Waals surface area contributed by atoms with Crippen LogP contribution in [0.1, 0.15) is 19.8 Å². The maximum absolute atomic E-state index is 11.9. The van der Waals surface area contributed by atoms with E-state index in [-0.39, 0.29) is 12.5 Å². The third kappa shape index (κ3) is 5.83. The first-order valence-corrected chi connectivity index (χ1v) is 8.01. The average molecular weight is 329 g/mol. The Morgan fingerprint density at radius 2 is 1.50 bits per heavy atom. The van der Waals surface area contributed by atoms with Crippen LogP contribution in [0.5, 0.6) is 17.2 Å². The predicted molar refractivity (Wildman–Crippen MR) is 94.0 cm³/mol. The molecule has 2 rings (SSSR count). The second-order valence-corrected chi connectivity index (χ2v) is 5.24. The topological polar surface area (TPSA) is 56.8 Å². The maximum atomic E-state index is 11.9. The number of ether oxygens (including phenoxy) is 3. The lowest BCUT2D eigenvalue weighted by molar-refractivity contribution is -0.118. The average Bonchev–Trinajstić information content (AvgIpc) is 2.62. The summed E-state index contributed by atoms with van der Waals surface area (Å²) in [5.41, 5.74) is 0.698. The lowest BCUT2D eigenvalue weighted by Crippen LogP contribution is -2.20. The number of carbonyl (C=O) groups excluding carboxylic acids is 1. The third-order valence-electron chi connectivity index (χ3n) is 3.33. The molecule has 0 saturated carbocycles. The normalized spacial score (nSPS) is 10.1. The molecule has 5 heteroatoms. The van der Waals surface area contributed by atoms with Crippen LogP contribution >= 0.6 is 0 Å². The third-order valence-corrected chi connectivity index (χ3v) is 3.33. The van der Waals surface area contributed by atoms with Crippen molar-refractivity contribution in [1.29, 1.82) is 0 Å². The van der Waals surface area contributed by atoms with E-state index in [4.69, 9.17) is 14.2 Å². The molecule has 5 nitrogen and oxygen atoms in total. The minimum Gasteiger partial charge on any atom is -0.497 e. The first-order chi connectivity index (χ1) is 11.7. The largest absolute Gasteiger partial charge is 0.497 e. The molecule has 0 fully saturated rings. The number of carbonyl (C=O) groups is 1. The van der Waals surface area contributed by atoms with Crippen molar-refractivity contribution in [3.8, 4) is 17.2 Å². The van der Waals surface area contributed by atoms with Crippen molar-refractivity contribution in [3.05, 3.63) is 48.5 Å². The van der Waals surface area contributed by atoms with Gasteiger partial charge in [-0.25, -0.2) is 0 Å². The van der Waals surface area contributed by atoms with Crippen molar-refractivity contribution in [2.75, 3.05) is 25.6 Å². The molecular weight excluding hydrogens is 306 g/mol. The molecule has 0 aliphatic rings. The van der Waals surface area contributed by atoms with Gasteiger partial charge in [0.2, 0.25) is 0 Å². The first kappa shape index (κ1) is 17.7. The Kier molecular flexibility index (Phi) is 6.95. The second kappa shape index (κ2) is 9.45. The Morgan fingerprint density at radius 1 is 0.917 bits per heavy atom. The van der Waals surface area contributed by atoms with E-state index in [1.165, 1.54) is 0 Å². The highest BCUT2D eigenvalue weighted by Gasteiger charge is 2.04. The summed E-state index contributed by atoms with van der Waals surface area (Å²) in [5, 5.41) is 2.77. The van der Waals surface area contributed by atoms with Crippen LogP contribution in [0.3, 0.4) is 0 Å². The molecular formula is C19H23NO4. The smallest absolute Gasteiger partial charge is 0.262 e. The minimum absolute atomic E-state index is 0.0535. The van der Waals surface area contributed by atoms with Crippen LogP contribution < -0.4 is 19.5 Å². The fraction of sp³-hybridized carbons (Fsp3) is 0.316. The molecule has 2 aromatic rings. The summed E-state index contributed by atoms with van der Waals surface area (Å²) in [6, 6.07) is 14.4. The van der Waals surface area contributed by atoms with Gasteiger partial charge in [0.15, 0.2) is 6.61 Å². The Balaban J connectivity index is 1.76. The molecule has 0 spiro atoms. The molecule has 0 saturated heterocycles. The minimum atomic E-state index is -0.219. The Hall–Kier alpha value is -2.69. The van der Waals surface area contributed by atoms with E-state index in [0.29, 0.717) is 18.0 Å². The summed E-state index contributed by atoms with van der Waals surface area (Å²) in [4.78, 5) is 11.9. The van der Waals surface area contributed by atoms with Gasteiger partial charge in [0.25, 0.3) is 5.91 Å². The van der Waals surface area contributed by atoms with Crippen molar-refractivity contribution in [3.63, 3.8) is 0 Å². The Labute approximate surface area is 142 Å². The number of amides is 1. The van der Waals surface area contributed by atoms with Gasteiger partial charge in [-0.05, 0) is 55.0 Å². The zero-order valence-corrected chi connectivity index (χ0v) is 14.1. The van der Waals surface area contributed by atoms with E-state index in [1.54, 1.807) is 43.5 Å². The molecule has 128 valence electrons. The number of benzene rings is 2. The molecule has 2 aromatic carbocycles. The van der Waals surface area contributed by atoms with Crippen molar-refractivity contribution in [2.45, 2.75) is 19.8 Å². The standard InChI is InChI=1S/C19H23NO4/c1-3-4-13-23-17-9-11-18(12-10-17)24-14-19(21)20-15-5-7-16(22-2)8-6-15/h5-12H,3-4,13-14H2,1-2H3,(H,20,21). The molecule has 0 heterocycles. The van der Waals surface area contributed by atoms with Gasteiger partial charge < -0.3 is 19.5 Å². The van der Waals surface area contributed by atoms with E-state index in [9.17, 15) is 4.79 Å². The lowest BCUT2D eigenvalue weighted by atomic mass is 10.3. The van der Waals surface area contributed by atoms with Crippen molar-refractivity contribution >= 4 is 11.6 Å². The number of anilines is 1. The van der Waals surface area contributed by atoms with Crippen LogP contribution in [0.2, 0.25) is 0 Å². The number of rotatable bonds is 9. The number of nitrogens with one attached hydrogen (secondary N) is 1. The maximum Gasteiger partial charge on any atom is 0.262 e. The molecule has 0 bridgehead atoms. The van der Waals surface area contributed by atoms with Crippen LogP contribution in [-0.2, 0) is 4.79 Å². The number of hydrogen-bond donors (Lipinski definition) is 1.